The Morgan fingerprint density at radius 2 is 2.03 bits per heavy atom. The largest absolute Gasteiger partial charge is 0.300 e. The minimum atomic E-state index is -0.333. The molecule has 3 aromatic heterocycles. The maximum Gasteiger partial charge on any atom is 0.263 e. The van der Waals surface area contributed by atoms with Gasteiger partial charge in [0.05, 0.1) is 11.1 Å². The maximum absolute atomic E-state index is 13.2. The van der Waals surface area contributed by atoms with Gasteiger partial charge in [0.15, 0.2) is 5.16 Å². The Bertz CT molecular complexity index is 1280. The zero-order chi connectivity index (χ0) is 21.3. The number of anilines is 1. The van der Waals surface area contributed by atoms with Crippen LogP contribution in [0.1, 0.15) is 11.9 Å². The van der Waals surface area contributed by atoms with Crippen LogP contribution in [-0.2, 0) is 18.3 Å². The molecule has 0 saturated carbocycles. The molecular weight excluding hydrogens is 445 g/mol. The number of halogens is 1. The van der Waals surface area contributed by atoms with Crippen molar-refractivity contribution in [3.8, 4) is 11.1 Å². The molecule has 1 amide bonds. The Hall–Kier alpha value is -2.63. The Labute approximate surface area is 183 Å². The SMILES string of the molecule is CCc1nnc(NC(=O)CSc2nc3scc(-c4ccc(F)cc4)c3c(=O)n2C)s1. The molecule has 30 heavy (non-hydrogen) atoms. The number of carbonyl (C=O) groups is 1. The van der Waals surface area contributed by atoms with Gasteiger partial charge in [-0.2, -0.15) is 0 Å². The van der Waals surface area contributed by atoms with Gasteiger partial charge in [-0.1, -0.05) is 42.2 Å². The van der Waals surface area contributed by atoms with Crippen LogP contribution in [0.15, 0.2) is 39.6 Å². The highest BCUT2D eigenvalue weighted by molar-refractivity contribution is 7.99. The number of fused-ring (bicyclic) bond motifs is 1. The zero-order valence-corrected chi connectivity index (χ0v) is 18.5. The summed E-state index contributed by atoms with van der Waals surface area (Å²) in [6.07, 6.45) is 0.759. The fourth-order valence-corrected chi connectivity index (χ4v) is 5.21. The van der Waals surface area contributed by atoms with Gasteiger partial charge in [0.2, 0.25) is 11.0 Å². The lowest BCUT2D eigenvalue weighted by molar-refractivity contribution is -0.113. The van der Waals surface area contributed by atoms with Gasteiger partial charge in [-0.05, 0) is 24.1 Å². The Kier molecular flexibility index (Phi) is 5.93. The van der Waals surface area contributed by atoms with Crippen LogP contribution in [-0.4, -0.2) is 31.4 Å². The highest BCUT2D eigenvalue weighted by Gasteiger charge is 2.17. The second-order valence-corrected chi connectivity index (χ2v) is 9.15. The van der Waals surface area contributed by atoms with E-state index in [-0.39, 0.29) is 23.0 Å². The van der Waals surface area contributed by atoms with E-state index in [1.807, 2.05) is 12.3 Å². The molecule has 0 aliphatic rings. The normalized spacial score (nSPS) is 11.2. The molecule has 154 valence electrons. The van der Waals surface area contributed by atoms with Crippen molar-refractivity contribution in [2.24, 2.45) is 7.05 Å². The molecule has 1 N–H and O–H groups in total. The van der Waals surface area contributed by atoms with Crippen molar-refractivity contribution in [1.82, 2.24) is 19.7 Å². The maximum atomic E-state index is 13.2. The molecule has 0 radical (unpaired) electrons. The van der Waals surface area contributed by atoms with Crippen molar-refractivity contribution in [1.29, 1.82) is 0 Å². The van der Waals surface area contributed by atoms with E-state index >= 15 is 0 Å². The predicted molar refractivity (Wildman–Crippen MR) is 119 cm³/mol. The van der Waals surface area contributed by atoms with Gasteiger partial charge in [-0.15, -0.1) is 21.5 Å². The lowest BCUT2D eigenvalue weighted by Crippen LogP contribution is -2.21. The molecular formula is C19H16FN5O2S3. The van der Waals surface area contributed by atoms with Crippen molar-refractivity contribution in [3.63, 3.8) is 0 Å². The molecule has 0 fully saturated rings. The zero-order valence-electron chi connectivity index (χ0n) is 16.0. The summed E-state index contributed by atoms with van der Waals surface area (Å²) in [7, 11) is 1.62. The highest BCUT2D eigenvalue weighted by Crippen LogP contribution is 2.32. The lowest BCUT2D eigenvalue weighted by atomic mass is 10.1. The molecule has 11 heteroatoms. The molecule has 0 atom stereocenters. The fourth-order valence-electron chi connectivity index (χ4n) is 2.76. The van der Waals surface area contributed by atoms with Crippen LogP contribution >= 0.6 is 34.4 Å². The second kappa shape index (κ2) is 8.62. The van der Waals surface area contributed by atoms with E-state index < -0.39 is 0 Å². The number of rotatable bonds is 6. The molecule has 4 aromatic rings. The minimum absolute atomic E-state index is 0.0863. The van der Waals surface area contributed by atoms with Crippen LogP contribution in [0.25, 0.3) is 21.3 Å². The molecule has 0 saturated heterocycles. The van der Waals surface area contributed by atoms with Gasteiger partial charge in [-0.3, -0.25) is 19.5 Å². The summed E-state index contributed by atoms with van der Waals surface area (Å²) in [5.74, 6) is -0.490. The smallest absolute Gasteiger partial charge is 0.263 e. The summed E-state index contributed by atoms with van der Waals surface area (Å²) < 4.78 is 14.7. The highest BCUT2D eigenvalue weighted by atomic mass is 32.2. The van der Waals surface area contributed by atoms with E-state index in [1.165, 1.54) is 51.1 Å². The van der Waals surface area contributed by atoms with Crippen molar-refractivity contribution in [3.05, 3.63) is 50.8 Å². The number of nitrogens with one attached hydrogen (secondary N) is 1. The van der Waals surface area contributed by atoms with Crippen LogP contribution in [0.2, 0.25) is 0 Å². The van der Waals surface area contributed by atoms with Crippen LogP contribution in [0.5, 0.6) is 0 Å². The summed E-state index contributed by atoms with van der Waals surface area (Å²) in [5, 5.41) is 14.7. The van der Waals surface area contributed by atoms with E-state index in [2.05, 4.69) is 20.5 Å². The topological polar surface area (TPSA) is 89.8 Å². The first-order valence-corrected chi connectivity index (χ1v) is 11.6. The standard InChI is InChI=1S/C19H16FN5O2S3/c1-3-14-23-24-18(30-14)21-13(26)9-29-19-22-16-15(17(27)25(19)2)12(8-28-16)10-4-6-11(20)7-5-10/h4-8H,3,9H2,1-2H3,(H,21,24,26). The molecule has 0 aliphatic heterocycles. The Balaban J connectivity index is 1.55. The molecule has 0 spiro atoms. The van der Waals surface area contributed by atoms with E-state index in [0.717, 1.165) is 22.6 Å². The van der Waals surface area contributed by atoms with Gasteiger partial charge >= 0.3 is 0 Å². The number of carbonyl (C=O) groups excluding carboxylic acids is 1. The first-order chi connectivity index (χ1) is 14.5. The van der Waals surface area contributed by atoms with Crippen LogP contribution < -0.4 is 10.9 Å². The lowest BCUT2D eigenvalue weighted by Gasteiger charge is -2.07. The Morgan fingerprint density at radius 3 is 2.73 bits per heavy atom. The molecule has 3 heterocycles. The fraction of sp³-hybridized carbons (Fsp3) is 0.211. The van der Waals surface area contributed by atoms with Crippen LogP contribution in [0.4, 0.5) is 9.52 Å². The van der Waals surface area contributed by atoms with E-state index in [4.69, 9.17) is 0 Å². The third-order valence-corrected chi connectivity index (χ3v) is 7.16. The van der Waals surface area contributed by atoms with Crippen LogP contribution in [0, 0.1) is 5.82 Å². The van der Waals surface area contributed by atoms with E-state index in [0.29, 0.717) is 20.5 Å². The third-order valence-electron chi connectivity index (χ3n) is 4.28. The first kappa shape index (κ1) is 20.6. The number of nitrogens with zero attached hydrogens (tertiary/aromatic N) is 4. The molecule has 0 aliphatic carbocycles. The van der Waals surface area contributed by atoms with Crippen molar-refractivity contribution in [2.45, 2.75) is 18.5 Å². The van der Waals surface area contributed by atoms with Gasteiger partial charge in [0, 0.05) is 18.0 Å². The van der Waals surface area contributed by atoms with Gasteiger partial charge < -0.3 is 0 Å². The van der Waals surface area contributed by atoms with Crippen molar-refractivity contribution >= 4 is 55.7 Å². The summed E-state index contributed by atoms with van der Waals surface area (Å²) in [5.41, 5.74) is 1.27. The summed E-state index contributed by atoms with van der Waals surface area (Å²) in [4.78, 5) is 30.3. The average molecular weight is 462 g/mol. The number of thiophene rings is 1. The summed E-state index contributed by atoms with van der Waals surface area (Å²) in [6, 6.07) is 6.00. The van der Waals surface area contributed by atoms with Gasteiger partial charge in [-0.25, -0.2) is 9.37 Å². The van der Waals surface area contributed by atoms with E-state index in [1.54, 1.807) is 19.2 Å². The minimum Gasteiger partial charge on any atom is -0.300 e. The van der Waals surface area contributed by atoms with Crippen molar-refractivity contribution < 1.29 is 9.18 Å². The van der Waals surface area contributed by atoms with Gasteiger partial charge in [0.1, 0.15) is 15.7 Å². The number of aryl methyl sites for hydroxylation is 1. The predicted octanol–water partition coefficient (Wildman–Crippen LogP) is 3.95. The Morgan fingerprint density at radius 1 is 1.27 bits per heavy atom. The van der Waals surface area contributed by atoms with Crippen molar-refractivity contribution in [2.75, 3.05) is 11.1 Å². The monoisotopic (exact) mass is 461 g/mol. The molecule has 0 bridgehead atoms. The summed E-state index contributed by atoms with van der Waals surface area (Å²) in [6.45, 7) is 1.97. The number of aromatic nitrogens is 4. The average Bonchev–Trinajstić information content (AvgIpc) is 3.37. The van der Waals surface area contributed by atoms with Crippen LogP contribution in [0.3, 0.4) is 0 Å². The number of hydrogen-bond acceptors (Lipinski definition) is 8. The molecule has 1 aromatic carbocycles. The number of thioether (sulfide) groups is 1. The molecule has 0 unspecified atom stereocenters. The first-order valence-electron chi connectivity index (χ1n) is 8.95. The van der Waals surface area contributed by atoms with E-state index in [9.17, 15) is 14.0 Å². The second-order valence-electron chi connectivity index (χ2n) is 6.29. The quantitative estimate of drug-likeness (QED) is 0.346. The third kappa shape index (κ3) is 4.13. The number of amides is 1. The number of hydrogen-bond donors (Lipinski definition) is 1. The summed E-state index contributed by atoms with van der Waals surface area (Å²) >= 11 is 3.86. The van der Waals surface area contributed by atoms with Gasteiger partial charge in [0.25, 0.3) is 5.56 Å². The molecule has 4 rings (SSSR count). The number of benzene rings is 1. The molecule has 7 nitrogen and oxygen atoms in total.